The molecule has 0 spiro atoms. The van der Waals surface area contributed by atoms with E-state index in [-0.39, 0.29) is 18.8 Å². The Morgan fingerprint density at radius 3 is 2.62 bits per heavy atom. The summed E-state index contributed by atoms with van der Waals surface area (Å²) in [6, 6.07) is 16.9. The molecular formula is C27H33N3O3S. The smallest absolute Gasteiger partial charge is 0.143 e. The van der Waals surface area contributed by atoms with Crippen LogP contribution in [0.1, 0.15) is 35.9 Å². The fourth-order valence-electron chi connectivity index (χ4n) is 4.77. The number of hydrogen-bond acceptors (Lipinski definition) is 6. The molecule has 3 heterocycles. The summed E-state index contributed by atoms with van der Waals surface area (Å²) in [5.74, 6) is 1.47. The number of ether oxygens (including phenoxy) is 1. The summed E-state index contributed by atoms with van der Waals surface area (Å²) in [4.78, 5) is 8.54. The molecule has 7 heteroatoms. The van der Waals surface area contributed by atoms with Crippen molar-refractivity contribution in [2.24, 2.45) is 0 Å². The predicted molar refractivity (Wildman–Crippen MR) is 135 cm³/mol. The maximum atomic E-state index is 9.60. The SMILES string of the molecule is CN1CCC(OC2c3ccccc3CCn3cc(-c4ccc(SCC(O)CO)cc4)nc32)CC1. The Kier molecular flexibility index (Phi) is 7.37. The van der Waals surface area contributed by atoms with Gasteiger partial charge in [-0.3, -0.25) is 0 Å². The van der Waals surface area contributed by atoms with Crippen LogP contribution >= 0.6 is 11.8 Å². The quantitative estimate of drug-likeness (QED) is 0.503. The van der Waals surface area contributed by atoms with Crippen molar-refractivity contribution in [2.45, 2.75) is 49.0 Å². The summed E-state index contributed by atoms with van der Waals surface area (Å²) in [5.41, 5.74) is 4.61. The number of aromatic nitrogens is 2. The molecule has 1 saturated heterocycles. The molecule has 0 aliphatic carbocycles. The molecule has 2 unspecified atom stereocenters. The molecule has 2 atom stereocenters. The van der Waals surface area contributed by atoms with Crippen LogP contribution in [0, 0.1) is 0 Å². The molecule has 2 aromatic carbocycles. The van der Waals surface area contributed by atoms with Crippen LogP contribution in [0.2, 0.25) is 0 Å². The molecule has 2 N–H and O–H groups in total. The molecule has 3 aromatic rings. The fraction of sp³-hybridized carbons (Fsp3) is 0.444. The van der Waals surface area contributed by atoms with Gasteiger partial charge in [0.25, 0.3) is 0 Å². The minimum Gasteiger partial charge on any atom is -0.394 e. The highest BCUT2D eigenvalue weighted by molar-refractivity contribution is 7.99. The molecule has 6 nitrogen and oxygen atoms in total. The average molecular weight is 480 g/mol. The first kappa shape index (κ1) is 23.6. The lowest BCUT2D eigenvalue weighted by Gasteiger charge is -2.32. The largest absolute Gasteiger partial charge is 0.394 e. The Bertz CT molecular complexity index is 1090. The van der Waals surface area contributed by atoms with Crippen LogP contribution in [0.4, 0.5) is 0 Å². The highest BCUT2D eigenvalue weighted by atomic mass is 32.2. The first-order valence-corrected chi connectivity index (χ1v) is 13.1. The van der Waals surface area contributed by atoms with E-state index in [1.165, 1.54) is 11.1 Å². The lowest BCUT2D eigenvalue weighted by molar-refractivity contribution is -0.0275. The second-order valence-electron chi connectivity index (χ2n) is 9.32. The maximum absolute atomic E-state index is 9.60. The standard InChI is InChI=1S/C27H33N3O3S/c1-29-13-11-22(12-14-29)33-26-24-5-3-2-4-19(24)10-15-30-16-25(28-27(26)30)20-6-8-23(9-7-20)34-18-21(32)17-31/h2-9,16,21-22,26,31-32H,10-15,17-18H2,1H3. The molecule has 5 rings (SSSR count). The van der Waals surface area contributed by atoms with Gasteiger partial charge in [0.1, 0.15) is 11.9 Å². The van der Waals surface area contributed by atoms with Crippen LogP contribution < -0.4 is 0 Å². The number of nitrogens with zero attached hydrogens (tertiary/aromatic N) is 3. The number of aliphatic hydroxyl groups excluding tert-OH is 2. The van der Waals surface area contributed by atoms with E-state index < -0.39 is 6.10 Å². The number of rotatable bonds is 7. The van der Waals surface area contributed by atoms with E-state index in [2.05, 4.69) is 71.2 Å². The molecule has 0 radical (unpaired) electrons. The lowest BCUT2D eigenvalue weighted by Crippen LogP contribution is -2.35. The zero-order valence-corrected chi connectivity index (χ0v) is 20.5. The number of piperidine rings is 1. The highest BCUT2D eigenvalue weighted by Gasteiger charge is 2.30. The highest BCUT2D eigenvalue weighted by Crippen LogP contribution is 2.36. The number of hydrogen-bond donors (Lipinski definition) is 2. The topological polar surface area (TPSA) is 70.8 Å². The molecule has 0 amide bonds. The van der Waals surface area contributed by atoms with Crippen molar-refractivity contribution < 1.29 is 14.9 Å². The molecule has 2 aliphatic rings. The van der Waals surface area contributed by atoms with Gasteiger partial charge in [-0.15, -0.1) is 11.8 Å². The number of aryl methyl sites for hydroxylation is 2. The monoisotopic (exact) mass is 479 g/mol. The van der Waals surface area contributed by atoms with Gasteiger partial charge in [0, 0.05) is 42.0 Å². The molecule has 180 valence electrons. The first-order valence-electron chi connectivity index (χ1n) is 12.1. The second-order valence-corrected chi connectivity index (χ2v) is 10.4. The average Bonchev–Trinajstić information content (AvgIpc) is 3.24. The van der Waals surface area contributed by atoms with Gasteiger partial charge in [0.15, 0.2) is 0 Å². The normalized spacial score (nSPS) is 19.9. The minimum atomic E-state index is -0.696. The van der Waals surface area contributed by atoms with Crippen LogP contribution in [-0.4, -0.2) is 69.4 Å². The van der Waals surface area contributed by atoms with Gasteiger partial charge in [-0.05, 0) is 49.6 Å². The number of imidazole rings is 1. The van der Waals surface area contributed by atoms with Crippen molar-refractivity contribution in [3.63, 3.8) is 0 Å². The van der Waals surface area contributed by atoms with Crippen molar-refractivity contribution in [1.82, 2.24) is 14.5 Å². The number of aliphatic hydroxyl groups is 2. The zero-order valence-electron chi connectivity index (χ0n) is 19.6. The summed E-state index contributed by atoms with van der Waals surface area (Å²) in [6.07, 6.45) is 4.61. The van der Waals surface area contributed by atoms with Gasteiger partial charge < -0.3 is 24.4 Å². The minimum absolute atomic E-state index is 0.157. The van der Waals surface area contributed by atoms with Crippen LogP contribution in [-0.2, 0) is 17.7 Å². The summed E-state index contributed by atoms with van der Waals surface area (Å²) >= 11 is 1.54. The third-order valence-electron chi connectivity index (χ3n) is 6.80. The number of likely N-dealkylation sites (tertiary alicyclic amines) is 1. The lowest BCUT2D eigenvalue weighted by atomic mass is 10.00. The predicted octanol–water partition coefficient (Wildman–Crippen LogP) is 3.75. The van der Waals surface area contributed by atoms with Gasteiger partial charge >= 0.3 is 0 Å². The van der Waals surface area contributed by atoms with Gasteiger partial charge in [-0.1, -0.05) is 36.4 Å². The summed E-state index contributed by atoms with van der Waals surface area (Å²) in [5, 5.41) is 18.6. The number of thioether (sulfide) groups is 1. The Morgan fingerprint density at radius 2 is 1.85 bits per heavy atom. The van der Waals surface area contributed by atoms with E-state index in [1.807, 2.05) is 0 Å². The molecular weight excluding hydrogens is 446 g/mol. The number of benzene rings is 2. The van der Waals surface area contributed by atoms with Crippen molar-refractivity contribution in [2.75, 3.05) is 32.5 Å². The maximum Gasteiger partial charge on any atom is 0.143 e. The van der Waals surface area contributed by atoms with Gasteiger partial charge in [0.2, 0.25) is 0 Å². The van der Waals surface area contributed by atoms with E-state index in [0.717, 1.165) is 60.9 Å². The van der Waals surface area contributed by atoms with E-state index in [1.54, 1.807) is 11.8 Å². The third-order valence-corrected chi connectivity index (χ3v) is 7.96. The summed E-state index contributed by atoms with van der Waals surface area (Å²) in [7, 11) is 2.18. The van der Waals surface area contributed by atoms with Crippen molar-refractivity contribution in [1.29, 1.82) is 0 Å². The van der Waals surface area contributed by atoms with Crippen molar-refractivity contribution in [3.8, 4) is 11.3 Å². The van der Waals surface area contributed by atoms with Gasteiger partial charge in [-0.2, -0.15) is 0 Å². The van der Waals surface area contributed by atoms with Crippen LogP contribution in [0.3, 0.4) is 0 Å². The van der Waals surface area contributed by atoms with Crippen molar-refractivity contribution in [3.05, 3.63) is 71.7 Å². The Hall–Kier alpha value is -2.16. The molecule has 2 aliphatic heterocycles. The van der Waals surface area contributed by atoms with E-state index >= 15 is 0 Å². The molecule has 1 fully saturated rings. The molecule has 0 saturated carbocycles. The van der Waals surface area contributed by atoms with Crippen LogP contribution in [0.15, 0.2) is 59.6 Å². The Labute approximate surface area is 205 Å². The summed E-state index contributed by atoms with van der Waals surface area (Å²) < 4.78 is 9.06. The van der Waals surface area contributed by atoms with Crippen molar-refractivity contribution >= 4 is 11.8 Å². The Balaban J connectivity index is 1.41. The summed E-state index contributed by atoms with van der Waals surface area (Å²) in [6.45, 7) is 2.81. The third kappa shape index (κ3) is 5.24. The number of fused-ring (bicyclic) bond motifs is 2. The first-order chi connectivity index (χ1) is 16.6. The molecule has 34 heavy (non-hydrogen) atoms. The van der Waals surface area contributed by atoms with Crippen LogP contribution in [0.5, 0.6) is 0 Å². The second kappa shape index (κ2) is 10.6. The van der Waals surface area contributed by atoms with E-state index in [4.69, 9.17) is 14.8 Å². The van der Waals surface area contributed by atoms with E-state index in [0.29, 0.717) is 5.75 Å². The van der Waals surface area contributed by atoms with Gasteiger partial charge in [0.05, 0.1) is 24.5 Å². The van der Waals surface area contributed by atoms with Crippen LogP contribution in [0.25, 0.3) is 11.3 Å². The molecule has 0 bridgehead atoms. The zero-order chi connectivity index (χ0) is 23.5. The fourth-order valence-corrected chi connectivity index (χ4v) is 5.59. The molecule has 1 aromatic heterocycles. The van der Waals surface area contributed by atoms with E-state index in [9.17, 15) is 5.11 Å². The van der Waals surface area contributed by atoms with Gasteiger partial charge in [-0.25, -0.2) is 4.98 Å². The Morgan fingerprint density at radius 1 is 1.09 bits per heavy atom.